The standard InChI is InChI=1S/C16H16N4O2S/c1-11-5-3-8-15(12(11)2)18-16(23)19-17-10-13-6-4-7-14(9-13)20(21)22/h3-10H,1-2H3,(H2,18,19,23)/b17-10+. The normalized spacial score (nSPS) is 10.5. The van der Waals surface area contributed by atoms with Gasteiger partial charge in [-0.05, 0) is 43.3 Å². The molecule has 0 aliphatic carbocycles. The molecule has 0 amide bonds. The van der Waals surface area contributed by atoms with Crippen LogP contribution in [0, 0.1) is 24.0 Å². The second-order valence-corrected chi connectivity index (χ2v) is 5.33. The van der Waals surface area contributed by atoms with E-state index in [-0.39, 0.29) is 5.69 Å². The number of nitro benzene ring substituents is 1. The Kier molecular flexibility index (Phi) is 5.37. The molecule has 0 unspecified atom stereocenters. The third-order valence-corrected chi connectivity index (χ3v) is 3.51. The predicted octanol–water partition coefficient (Wildman–Crippen LogP) is 3.53. The van der Waals surface area contributed by atoms with E-state index in [1.165, 1.54) is 18.3 Å². The smallest absolute Gasteiger partial charge is 0.270 e. The predicted molar refractivity (Wildman–Crippen MR) is 96.0 cm³/mol. The van der Waals surface area contributed by atoms with Crippen molar-refractivity contribution in [3.8, 4) is 0 Å². The molecular formula is C16H16N4O2S. The Bertz CT molecular complexity index is 774. The maximum atomic E-state index is 10.7. The van der Waals surface area contributed by atoms with Gasteiger partial charge in [0, 0.05) is 23.4 Å². The van der Waals surface area contributed by atoms with Crippen molar-refractivity contribution in [2.45, 2.75) is 13.8 Å². The van der Waals surface area contributed by atoms with Gasteiger partial charge in [-0.25, -0.2) is 0 Å². The van der Waals surface area contributed by atoms with Gasteiger partial charge in [-0.1, -0.05) is 24.3 Å². The van der Waals surface area contributed by atoms with Crippen LogP contribution < -0.4 is 10.7 Å². The minimum absolute atomic E-state index is 0.0186. The molecule has 0 atom stereocenters. The highest BCUT2D eigenvalue weighted by atomic mass is 32.1. The van der Waals surface area contributed by atoms with Gasteiger partial charge in [-0.3, -0.25) is 15.5 Å². The second kappa shape index (κ2) is 7.46. The zero-order valence-corrected chi connectivity index (χ0v) is 13.6. The number of aryl methyl sites for hydroxylation is 1. The van der Waals surface area contributed by atoms with Crippen LogP contribution in [0.25, 0.3) is 0 Å². The largest absolute Gasteiger partial charge is 0.331 e. The number of hydrogen-bond acceptors (Lipinski definition) is 4. The van der Waals surface area contributed by atoms with E-state index in [2.05, 4.69) is 15.8 Å². The number of rotatable bonds is 4. The van der Waals surface area contributed by atoms with Gasteiger partial charge in [0.1, 0.15) is 0 Å². The number of nitrogens with one attached hydrogen (secondary N) is 2. The van der Waals surface area contributed by atoms with Crippen LogP contribution in [0.15, 0.2) is 47.6 Å². The Morgan fingerprint density at radius 3 is 2.74 bits per heavy atom. The van der Waals surface area contributed by atoms with Crippen molar-refractivity contribution in [3.05, 3.63) is 69.3 Å². The van der Waals surface area contributed by atoms with Crippen LogP contribution in [0.1, 0.15) is 16.7 Å². The molecule has 2 N–H and O–H groups in total. The first-order valence-corrected chi connectivity index (χ1v) is 7.29. The van der Waals surface area contributed by atoms with Crippen molar-refractivity contribution >= 4 is 34.9 Å². The molecule has 0 saturated carbocycles. The van der Waals surface area contributed by atoms with Gasteiger partial charge in [0.2, 0.25) is 0 Å². The van der Waals surface area contributed by atoms with Gasteiger partial charge in [0.15, 0.2) is 5.11 Å². The maximum absolute atomic E-state index is 10.7. The van der Waals surface area contributed by atoms with Crippen molar-refractivity contribution in [2.75, 3.05) is 5.32 Å². The summed E-state index contributed by atoms with van der Waals surface area (Å²) in [6.07, 6.45) is 1.48. The third kappa shape index (κ3) is 4.58. The summed E-state index contributed by atoms with van der Waals surface area (Å²) < 4.78 is 0. The fourth-order valence-electron chi connectivity index (χ4n) is 1.92. The first kappa shape index (κ1) is 16.6. The van der Waals surface area contributed by atoms with Crippen molar-refractivity contribution < 1.29 is 4.92 Å². The summed E-state index contributed by atoms with van der Waals surface area (Å²) >= 11 is 5.18. The van der Waals surface area contributed by atoms with Crippen LogP contribution >= 0.6 is 12.2 Å². The van der Waals surface area contributed by atoms with Crippen LogP contribution in [-0.2, 0) is 0 Å². The molecule has 0 aliphatic rings. The molecule has 2 aromatic carbocycles. The average Bonchev–Trinajstić information content (AvgIpc) is 2.52. The van der Waals surface area contributed by atoms with E-state index in [9.17, 15) is 10.1 Å². The molecule has 0 saturated heterocycles. The van der Waals surface area contributed by atoms with Gasteiger partial charge in [0.25, 0.3) is 5.69 Å². The zero-order chi connectivity index (χ0) is 16.8. The molecule has 0 aliphatic heterocycles. The van der Waals surface area contributed by atoms with Gasteiger partial charge in [-0.15, -0.1) is 0 Å². The summed E-state index contributed by atoms with van der Waals surface area (Å²) in [7, 11) is 0. The fourth-order valence-corrected chi connectivity index (χ4v) is 2.08. The molecule has 0 bridgehead atoms. The monoisotopic (exact) mass is 328 g/mol. The molecule has 0 radical (unpaired) electrons. The number of anilines is 1. The molecule has 0 spiro atoms. The molecule has 118 valence electrons. The Hall–Kier alpha value is -2.80. The number of nitrogens with zero attached hydrogens (tertiary/aromatic N) is 2. The zero-order valence-electron chi connectivity index (χ0n) is 12.7. The van der Waals surface area contributed by atoms with E-state index in [1.54, 1.807) is 12.1 Å². The maximum Gasteiger partial charge on any atom is 0.270 e. The lowest BCUT2D eigenvalue weighted by atomic mass is 10.1. The van der Waals surface area contributed by atoms with E-state index < -0.39 is 4.92 Å². The molecule has 7 heteroatoms. The summed E-state index contributed by atoms with van der Waals surface area (Å²) in [5.74, 6) is 0. The minimum atomic E-state index is -0.447. The van der Waals surface area contributed by atoms with Crippen molar-refractivity contribution in [1.82, 2.24) is 5.43 Å². The first-order chi connectivity index (χ1) is 11.0. The van der Waals surface area contributed by atoms with E-state index in [0.29, 0.717) is 10.7 Å². The molecule has 23 heavy (non-hydrogen) atoms. The molecule has 0 aromatic heterocycles. The molecule has 2 aromatic rings. The minimum Gasteiger partial charge on any atom is -0.331 e. The van der Waals surface area contributed by atoms with E-state index in [4.69, 9.17) is 12.2 Å². The lowest BCUT2D eigenvalue weighted by Crippen LogP contribution is -2.24. The van der Waals surface area contributed by atoms with Crippen LogP contribution in [0.4, 0.5) is 11.4 Å². The van der Waals surface area contributed by atoms with Crippen LogP contribution in [0.2, 0.25) is 0 Å². The number of non-ortho nitro benzene ring substituents is 1. The lowest BCUT2D eigenvalue weighted by molar-refractivity contribution is -0.384. The summed E-state index contributed by atoms with van der Waals surface area (Å²) in [5, 5.41) is 18.1. The molecular weight excluding hydrogens is 312 g/mol. The van der Waals surface area contributed by atoms with Gasteiger partial charge >= 0.3 is 0 Å². The highest BCUT2D eigenvalue weighted by Crippen LogP contribution is 2.17. The first-order valence-electron chi connectivity index (χ1n) is 6.88. The Labute approximate surface area is 139 Å². The number of nitro groups is 1. The summed E-state index contributed by atoms with van der Waals surface area (Å²) in [6, 6.07) is 12.1. The Morgan fingerprint density at radius 1 is 1.26 bits per heavy atom. The molecule has 6 nitrogen and oxygen atoms in total. The summed E-state index contributed by atoms with van der Waals surface area (Å²) in [6.45, 7) is 4.03. The number of thiocarbonyl (C=S) groups is 1. The highest BCUT2D eigenvalue weighted by molar-refractivity contribution is 7.80. The molecule has 2 rings (SSSR count). The molecule has 0 fully saturated rings. The summed E-state index contributed by atoms with van der Waals surface area (Å²) in [4.78, 5) is 10.3. The van der Waals surface area contributed by atoms with Gasteiger partial charge in [0.05, 0.1) is 11.1 Å². The summed E-state index contributed by atoms with van der Waals surface area (Å²) in [5.41, 5.74) is 6.51. The van der Waals surface area contributed by atoms with Crippen LogP contribution in [0.3, 0.4) is 0 Å². The number of hydrazone groups is 1. The van der Waals surface area contributed by atoms with Crippen molar-refractivity contribution in [3.63, 3.8) is 0 Å². The number of hydrogen-bond donors (Lipinski definition) is 2. The lowest BCUT2D eigenvalue weighted by Gasteiger charge is -2.11. The van der Waals surface area contributed by atoms with E-state index >= 15 is 0 Å². The Balaban J connectivity index is 1.97. The van der Waals surface area contributed by atoms with Crippen LogP contribution in [-0.4, -0.2) is 16.3 Å². The highest BCUT2D eigenvalue weighted by Gasteiger charge is 2.04. The van der Waals surface area contributed by atoms with Gasteiger partial charge in [-0.2, -0.15) is 5.10 Å². The third-order valence-electron chi connectivity index (χ3n) is 3.31. The van der Waals surface area contributed by atoms with Crippen LogP contribution in [0.5, 0.6) is 0 Å². The number of benzene rings is 2. The fraction of sp³-hybridized carbons (Fsp3) is 0.125. The molecule has 0 heterocycles. The van der Waals surface area contributed by atoms with Crippen molar-refractivity contribution in [2.24, 2.45) is 5.10 Å². The van der Waals surface area contributed by atoms with E-state index in [1.807, 2.05) is 32.0 Å². The van der Waals surface area contributed by atoms with Crippen molar-refractivity contribution in [1.29, 1.82) is 0 Å². The second-order valence-electron chi connectivity index (χ2n) is 4.92. The quantitative estimate of drug-likeness (QED) is 0.388. The topological polar surface area (TPSA) is 79.6 Å². The van der Waals surface area contributed by atoms with Gasteiger partial charge < -0.3 is 5.32 Å². The van der Waals surface area contributed by atoms with E-state index in [0.717, 1.165) is 16.8 Å². The average molecular weight is 328 g/mol. The Morgan fingerprint density at radius 2 is 2.00 bits per heavy atom. The SMILES string of the molecule is Cc1cccc(NC(=S)N/N=C/c2cccc([N+](=O)[O-])c2)c1C.